The molecule has 1 rings (SSSR count). The number of carbonyl (C=O) groups excluding carboxylic acids is 1. The van der Waals surface area contributed by atoms with E-state index in [1.54, 1.807) is 4.72 Å². The SMILES string of the molecule is CCCCNC(=O)NS(=O)(=O)c1ccc(N)c(F)c1. The lowest BCUT2D eigenvalue weighted by molar-refractivity contribution is 0.245. The van der Waals surface area contributed by atoms with Crippen LogP contribution in [0.15, 0.2) is 23.1 Å². The lowest BCUT2D eigenvalue weighted by atomic mass is 10.3. The number of amides is 2. The normalized spacial score (nSPS) is 11.1. The Morgan fingerprint density at radius 1 is 1.42 bits per heavy atom. The van der Waals surface area contributed by atoms with Crippen molar-refractivity contribution in [3.8, 4) is 0 Å². The number of nitrogen functional groups attached to an aromatic ring is 1. The number of hydrogen-bond donors (Lipinski definition) is 3. The summed E-state index contributed by atoms with van der Waals surface area (Å²) in [5.74, 6) is -0.853. The Morgan fingerprint density at radius 2 is 2.11 bits per heavy atom. The number of benzene rings is 1. The number of carbonyl (C=O) groups is 1. The van der Waals surface area contributed by atoms with Crippen LogP contribution in [0.4, 0.5) is 14.9 Å². The summed E-state index contributed by atoms with van der Waals surface area (Å²) in [7, 11) is -4.09. The number of sulfonamides is 1. The molecule has 0 heterocycles. The third-order valence-electron chi connectivity index (χ3n) is 2.33. The molecule has 2 amide bonds. The van der Waals surface area contributed by atoms with Gasteiger partial charge in [-0.3, -0.25) is 0 Å². The van der Waals surface area contributed by atoms with Gasteiger partial charge in [0, 0.05) is 6.54 Å². The highest BCUT2D eigenvalue weighted by atomic mass is 32.2. The first kappa shape index (κ1) is 15.2. The van der Waals surface area contributed by atoms with E-state index >= 15 is 0 Å². The maximum Gasteiger partial charge on any atom is 0.328 e. The standard InChI is InChI=1S/C11H16FN3O3S/c1-2-3-6-14-11(16)15-19(17,18)8-4-5-10(13)9(12)7-8/h4-5,7H,2-3,6,13H2,1H3,(H2,14,15,16). The molecule has 0 atom stereocenters. The smallest absolute Gasteiger partial charge is 0.328 e. The van der Waals surface area contributed by atoms with Gasteiger partial charge in [0.1, 0.15) is 5.82 Å². The zero-order valence-electron chi connectivity index (χ0n) is 10.4. The third kappa shape index (κ3) is 4.40. The molecule has 0 aromatic heterocycles. The van der Waals surface area contributed by atoms with Crippen LogP contribution in [0.25, 0.3) is 0 Å². The van der Waals surface area contributed by atoms with Crippen molar-refractivity contribution in [1.82, 2.24) is 10.0 Å². The van der Waals surface area contributed by atoms with Crippen LogP contribution in [0, 0.1) is 5.82 Å². The van der Waals surface area contributed by atoms with Crippen molar-refractivity contribution in [3.05, 3.63) is 24.0 Å². The van der Waals surface area contributed by atoms with E-state index in [0.29, 0.717) is 6.54 Å². The topological polar surface area (TPSA) is 101 Å². The second-order valence-corrected chi connectivity index (χ2v) is 5.58. The van der Waals surface area contributed by atoms with Crippen molar-refractivity contribution in [2.24, 2.45) is 0 Å². The number of unbranched alkanes of at least 4 members (excludes halogenated alkanes) is 1. The van der Waals surface area contributed by atoms with E-state index in [0.717, 1.165) is 31.0 Å². The highest BCUT2D eigenvalue weighted by molar-refractivity contribution is 7.90. The molecule has 0 saturated carbocycles. The van der Waals surface area contributed by atoms with Gasteiger partial charge in [0.15, 0.2) is 0 Å². The van der Waals surface area contributed by atoms with Crippen LogP contribution < -0.4 is 15.8 Å². The molecule has 1 aromatic rings. The fourth-order valence-corrected chi connectivity index (χ4v) is 2.21. The second-order valence-electron chi connectivity index (χ2n) is 3.90. The predicted molar refractivity (Wildman–Crippen MR) is 69.4 cm³/mol. The molecule has 0 unspecified atom stereocenters. The molecule has 0 saturated heterocycles. The van der Waals surface area contributed by atoms with Crippen molar-refractivity contribution < 1.29 is 17.6 Å². The molecule has 4 N–H and O–H groups in total. The van der Waals surface area contributed by atoms with Gasteiger partial charge in [-0.05, 0) is 24.6 Å². The Bertz CT molecular complexity index is 560. The molecule has 19 heavy (non-hydrogen) atoms. The van der Waals surface area contributed by atoms with Gasteiger partial charge in [-0.2, -0.15) is 0 Å². The minimum absolute atomic E-state index is 0.161. The summed E-state index contributed by atoms with van der Waals surface area (Å²) in [6.45, 7) is 2.31. The first-order valence-electron chi connectivity index (χ1n) is 5.72. The Morgan fingerprint density at radius 3 is 2.68 bits per heavy atom. The molecule has 106 valence electrons. The van der Waals surface area contributed by atoms with Gasteiger partial charge in [0.25, 0.3) is 10.0 Å². The van der Waals surface area contributed by atoms with Gasteiger partial charge in [0.05, 0.1) is 10.6 Å². The van der Waals surface area contributed by atoms with Crippen LogP contribution in [0.1, 0.15) is 19.8 Å². The Labute approximate surface area is 111 Å². The molecule has 0 radical (unpaired) electrons. The van der Waals surface area contributed by atoms with Crippen LogP contribution in [-0.4, -0.2) is 21.0 Å². The van der Waals surface area contributed by atoms with Gasteiger partial charge in [-0.15, -0.1) is 0 Å². The monoisotopic (exact) mass is 289 g/mol. The largest absolute Gasteiger partial charge is 0.396 e. The van der Waals surface area contributed by atoms with E-state index in [1.807, 2.05) is 6.92 Å². The van der Waals surface area contributed by atoms with Crippen LogP contribution in [0.5, 0.6) is 0 Å². The molecule has 0 fully saturated rings. The van der Waals surface area contributed by atoms with Crippen molar-refractivity contribution in [2.75, 3.05) is 12.3 Å². The molecule has 0 bridgehead atoms. The van der Waals surface area contributed by atoms with Crippen molar-refractivity contribution in [1.29, 1.82) is 0 Å². The van der Waals surface area contributed by atoms with Crippen LogP contribution in [-0.2, 0) is 10.0 Å². The maximum absolute atomic E-state index is 13.2. The van der Waals surface area contributed by atoms with Crippen LogP contribution >= 0.6 is 0 Å². The zero-order valence-corrected chi connectivity index (χ0v) is 11.3. The van der Waals surface area contributed by atoms with E-state index in [9.17, 15) is 17.6 Å². The van der Waals surface area contributed by atoms with Gasteiger partial charge >= 0.3 is 6.03 Å². The van der Waals surface area contributed by atoms with Crippen LogP contribution in [0.2, 0.25) is 0 Å². The lowest BCUT2D eigenvalue weighted by Gasteiger charge is -2.08. The molecule has 0 spiro atoms. The average molecular weight is 289 g/mol. The Kier molecular flexibility index (Phi) is 5.11. The molecule has 0 aliphatic carbocycles. The maximum atomic E-state index is 13.2. The summed E-state index contributed by atoms with van der Waals surface area (Å²) >= 11 is 0. The molecule has 1 aromatic carbocycles. The number of rotatable bonds is 5. The average Bonchev–Trinajstić information content (AvgIpc) is 2.32. The van der Waals surface area contributed by atoms with E-state index < -0.39 is 21.9 Å². The van der Waals surface area contributed by atoms with Crippen molar-refractivity contribution in [2.45, 2.75) is 24.7 Å². The lowest BCUT2D eigenvalue weighted by Crippen LogP contribution is -2.39. The summed E-state index contributed by atoms with van der Waals surface area (Å²) < 4.78 is 38.5. The molecular weight excluding hydrogens is 273 g/mol. The highest BCUT2D eigenvalue weighted by Crippen LogP contribution is 2.15. The van der Waals surface area contributed by atoms with Gasteiger partial charge in [-0.25, -0.2) is 22.3 Å². The number of nitrogens with one attached hydrogen (secondary N) is 2. The molecule has 0 aliphatic heterocycles. The third-order valence-corrected chi connectivity index (χ3v) is 3.65. The summed E-state index contributed by atoms with van der Waals surface area (Å²) in [4.78, 5) is 11.0. The van der Waals surface area contributed by atoms with Crippen LogP contribution in [0.3, 0.4) is 0 Å². The predicted octanol–water partition coefficient (Wildman–Crippen LogP) is 1.20. The summed E-state index contributed by atoms with van der Waals surface area (Å²) in [6.07, 6.45) is 1.61. The summed E-state index contributed by atoms with van der Waals surface area (Å²) in [6, 6.07) is 2.17. The van der Waals surface area contributed by atoms with Gasteiger partial charge in [-0.1, -0.05) is 13.3 Å². The summed E-state index contributed by atoms with van der Waals surface area (Å²) in [5, 5.41) is 2.39. The van der Waals surface area contributed by atoms with Crippen molar-refractivity contribution >= 4 is 21.7 Å². The highest BCUT2D eigenvalue weighted by Gasteiger charge is 2.18. The molecule has 6 nitrogen and oxygen atoms in total. The van der Waals surface area contributed by atoms with E-state index in [1.165, 1.54) is 0 Å². The number of anilines is 1. The minimum Gasteiger partial charge on any atom is -0.396 e. The molecule has 0 aliphatic rings. The fraction of sp³-hybridized carbons (Fsp3) is 0.364. The Hall–Kier alpha value is -1.83. The molecule has 8 heteroatoms. The second kappa shape index (κ2) is 6.37. The number of urea groups is 1. The van der Waals surface area contributed by atoms with Gasteiger partial charge < -0.3 is 11.1 Å². The number of halogens is 1. The van der Waals surface area contributed by atoms with E-state index in [4.69, 9.17) is 5.73 Å². The van der Waals surface area contributed by atoms with Gasteiger partial charge in [0.2, 0.25) is 0 Å². The number of nitrogens with two attached hydrogens (primary N) is 1. The fourth-order valence-electron chi connectivity index (χ4n) is 1.27. The zero-order chi connectivity index (χ0) is 14.5. The van der Waals surface area contributed by atoms with E-state index in [2.05, 4.69) is 5.32 Å². The first-order chi connectivity index (χ1) is 8.86. The van der Waals surface area contributed by atoms with E-state index in [-0.39, 0.29) is 10.6 Å². The summed E-state index contributed by atoms with van der Waals surface area (Å²) in [5.41, 5.74) is 5.08. The molecular formula is C11H16FN3O3S. The Balaban J connectivity index is 2.75. The number of hydrogen-bond acceptors (Lipinski definition) is 4. The minimum atomic E-state index is -4.09. The quantitative estimate of drug-likeness (QED) is 0.560. The first-order valence-corrected chi connectivity index (χ1v) is 7.21. The van der Waals surface area contributed by atoms with Crippen molar-refractivity contribution in [3.63, 3.8) is 0 Å².